The molecule has 0 radical (unpaired) electrons. The van der Waals surface area contributed by atoms with Crippen molar-refractivity contribution in [2.24, 2.45) is 0 Å². The molecule has 3 rings (SSSR count). The highest BCUT2D eigenvalue weighted by Gasteiger charge is 2.22. The van der Waals surface area contributed by atoms with Crippen LogP contribution in [0.1, 0.15) is 35.4 Å². The summed E-state index contributed by atoms with van der Waals surface area (Å²) in [5, 5.41) is 0. The zero-order valence-corrected chi connectivity index (χ0v) is 11.7. The number of aryl methyl sites for hydroxylation is 1. The van der Waals surface area contributed by atoms with Crippen molar-refractivity contribution in [1.82, 2.24) is 0 Å². The third-order valence-electron chi connectivity index (χ3n) is 3.94. The zero-order chi connectivity index (χ0) is 13.9. The van der Waals surface area contributed by atoms with Crippen molar-refractivity contribution in [2.45, 2.75) is 25.7 Å². The maximum Gasteiger partial charge on any atom is 0.156 e. The molecule has 1 atom stereocenters. The first kappa shape index (κ1) is 12.9. The molecule has 0 saturated heterocycles. The van der Waals surface area contributed by atoms with Crippen molar-refractivity contribution in [3.8, 4) is 0 Å². The van der Waals surface area contributed by atoms with E-state index in [2.05, 4.69) is 43.3 Å². The Labute approximate surface area is 120 Å². The summed E-state index contributed by atoms with van der Waals surface area (Å²) in [6.07, 6.45) is 3.39. The van der Waals surface area contributed by atoms with Crippen molar-refractivity contribution in [1.29, 1.82) is 0 Å². The van der Waals surface area contributed by atoms with Crippen LogP contribution in [-0.2, 0) is 4.79 Å². The van der Waals surface area contributed by atoms with Crippen molar-refractivity contribution in [3.05, 3.63) is 77.4 Å². The summed E-state index contributed by atoms with van der Waals surface area (Å²) >= 11 is 0. The number of allylic oxidation sites excluding steroid dienone is 2. The van der Waals surface area contributed by atoms with E-state index in [4.69, 9.17) is 0 Å². The van der Waals surface area contributed by atoms with Crippen LogP contribution in [0.5, 0.6) is 0 Å². The Balaban J connectivity index is 1.89. The molecule has 0 amide bonds. The van der Waals surface area contributed by atoms with Gasteiger partial charge in [0.2, 0.25) is 0 Å². The topological polar surface area (TPSA) is 17.1 Å². The fourth-order valence-corrected chi connectivity index (χ4v) is 2.82. The monoisotopic (exact) mass is 262 g/mol. The average Bonchev–Trinajstić information content (AvgIpc) is 2.48. The summed E-state index contributed by atoms with van der Waals surface area (Å²) in [6.45, 7) is 2.09. The number of ketones is 1. The van der Waals surface area contributed by atoms with Crippen LogP contribution < -0.4 is 0 Å². The predicted molar refractivity (Wildman–Crippen MR) is 82.6 cm³/mol. The Morgan fingerprint density at radius 1 is 0.900 bits per heavy atom. The van der Waals surface area contributed by atoms with E-state index in [1.54, 1.807) is 0 Å². The number of carbonyl (C=O) groups is 1. The third kappa shape index (κ3) is 2.72. The van der Waals surface area contributed by atoms with Crippen LogP contribution in [0.2, 0.25) is 0 Å². The summed E-state index contributed by atoms with van der Waals surface area (Å²) in [6, 6.07) is 18.8. The first-order valence-corrected chi connectivity index (χ1v) is 7.08. The Morgan fingerprint density at radius 3 is 2.30 bits per heavy atom. The predicted octanol–water partition coefficient (Wildman–Crippen LogP) is 4.53. The number of benzene rings is 2. The molecule has 1 aliphatic carbocycles. The maximum absolute atomic E-state index is 12.0. The number of carbonyl (C=O) groups excluding carboxylic acids is 1. The minimum atomic E-state index is 0.237. The standard InChI is InChI=1S/C19H18O/c1-14-7-9-16(10-8-14)18-11-17(12-19(20)13-18)15-5-3-2-4-6-15/h2-10,12,18H,11,13H2,1H3/t18-/m1/s1. The van der Waals surface area contributed by atoms with E-state index in [-0.39, 0.29) is 5.78 Å². The number of rotatable bonds is 2. The Bertz CT molecular complexity index is 635. The van der Waals surface area contributed by atoms with E-state index >= 15 is 0 Å². The highest BCUT2D eigenvalue weighted by atomic mass is 16.1. The molecule has 1 aliphatic rings. The second-order valence-corrected chi connectivity index (χ2v) is 5.52. The van der Waals surface area contributed by atoms with Gasteiger partial charge in [-0.25, -0.2) is 0 Å². The molecule has 2 aromatic carbocycles. The van der Waals surface area contributed by atoms with Crippen LogP contribution in [-0.4, -0.2) is 5.78 Å². The fraction of sp³-hybridized carbons (Fsp3) is 0.211. The molecule has 0 aromatic heterocycles. The van der Waals surface area contributed by atoms with Crippen LogP contribution in [0.3, 0.4) is 0 Å². The van der Waals surface area contributed by atoms with Crippen molar-refractivity contribution in [2.75, 3.05) is 0 Å². The molecule has 0 spiro atoms. The van der Waals surface area contributed by atoms with E-state index < -0.39 is 0 Å². The number of hydrogen-bond donors (Lipinski definition) is 0. The van der Waals surface area contributed by atoms with Gasteiger partial charge in [-0.3, -0.25) is 4.79 Å². The van der Waals surface area contributed by atoms with Crippen LogP contribution >= 0.6 is 0 Å². The van der Waals surface area contributed by atoms with Crippen LogP contribution in [0, 0.1) is 6.92 Å². The summed E-state index contributed by atoms with van der Waals surface area (Å²) in [5.74, 6) is 0.545. The van der Waals surface area contributed by atoms with Gasteiger partial charge in [-0.1, -0.05) is 60.2 Å². The molecule has 0 N–H and O–H groups in total. The average molecular weight is 262 g/mol. The summed E-state index contributed by atoms with van der Waals surface area (Å²) < 4.78 is 0. The fourth-order valence-electron chi connectivity index (χ4n) is 2.82. The Morgan fingerprint density at radius 2 is 1.60 bits per heavy atom. The molecule has 1 heteroatoms. The summed E-state index contributed by atoms with van der Waals surface area (Å²) in [4.78, 5) is 12.0. The van der Waals surface area contributed by atoms with E-state index in [1.807, 2.05) is 24.3 Å². The molecule has 0 unspecified atom stereocenters. The molecular weight excluding hydrogens is 244 g/mol. The molecule has 20 heavy (non-hydrogen) atoms. The maximum atomic E-state index is 12.0. The van der Waals surface area contributed by atoms with E-state index in [0.29, 0.717) is 12.3 Å². The molecule has 0 saturated carbocycles. The molecule has 0 bridgehead atoms. The van der Waals surface area contributed by atoms with Gasteiger partial charge in [0.25, 0.3) is 0 Å². The van der Waals surface area contributed by atoms with Gasteiger partial charge in [0.1, 0.15) is 0 Å². The molecule has 0 fully saturated rings. The molecule has 2 aromatic rings. The van der Waals surface area contributed by atoms with E-state index in [9.17, 15) is 4.79 Å². The Kier molecular flexibility index (Phi) is 3.51. The van der Waals surface area contributed by atoms with Gasteiger partial charge in [0, 0.05) is 6.42 Å². The van der Waals surface area contributed by atoms with Gasteiger partial charge in [0.05, 0.1) is 0 Å². The second kappa shape index (κ2) is 5.46. The van der Waals surface area contributed by atoms with Crippen molar-refractivity contribution >= 4 is 11.4 Å². The lowest BCUT2D eigenvalue weighted by Gasteiger charge is -2.23. The number of hydrogen-bond acceptors (Lipinski definition) is 1. The lowest BCUT2D eigenvalue weighted by molar-refractivity contribution is -0.115. The first-order chi connectivity index (χ1) is 9.72. The third-order valence-corrected chi connectivity index (χ3v) is 3.94. The molecule has 100 valence electrons. The molecular formula is C19H18O. The van der Waals surface area contributed by atoms with Crippen molar-refractivity contribution < 1.29 is 4.79 Å². The summed E-state index contributed by atoms with van der Waals surface area (Å²) in [7, 11) is 0. The Hall–Kier alpha value is -2.15. The first-order valence-electron chi connectivity index (χ1n) is 7.08. The lowest BCUT2D eigenvalue weighted by atomic mass is 9.81. The lowest BCUT2D eigenvalue weighted by Crippen LogP contribution is -2.12. The highest BCUT2D eigenvalue weighted by Crippen LogP contribution is 2.35. The smallest absolute Gasteiger partial charge is 0.156 e. The highest BCUT2D eigenvalue weighted by molar-refractivity contribution is 5.99. The van der Waals surface area contributed by atoms with E-state index in [1.165, 1.54) is 11.1 Å². The van der Waals surface area contributed by atoms with Gasteiger partial charge in [-0.2, -0.15) is 0 Å². The summed E-state index contributed by atoms with van der Waals surface area (Å²) in [5.41, 5.74) is 4.85. The van der Waals surface area contributed by atoms with Gasteiger partial charge in [-0.05, 0) is 42.0 Å². The van der Waals surface area contributed by atoms with E-state index in [0.717, 1.165) is 17.6 Å². The SMILES string of the molecule is Cc1ccc([C@H]2CC(=O)C=C(c3ccccc3)C2)cc1. The minimum absolute atomic E-state index is 0.237. The van der Waals surface area contributed by atoms with Crippen LogP contribution in [0.4, 0.5) is 0 Å². The molecule has 0 aliphatic heterocycles. The van der Waals surface area contributed by atoms with Crippen LogP contribution in [0.25, 0.3) is 5.57 Å². The van der Waals surface area contributed by atoms with Gasteiger partial charge in [-0.15, -0.1) is 0 Å². The largest absolute Gasteiger partial charge is 0.295 e. The second-order valence-electron chi connectivity index (χ2n) is 5.52. The molecule has 1 nitrogen and oxygen atoms in total. The van der Waals surface area contributed by atoms with Crippen LogP contribution in [0.15, 0.2) is 60.7 Å². The van der Waals surface area contributed by atoms with Gasteiger partial charge >= 0.3 is 0 Å². The zero-order valence-electron chi connectivity index (χ0n) is 11.7. The van der Waals surface area contributed by atoms with Gasteiger partial charge in [0.15, 0.2) is 5.78 Å². The minimum Gasteiger partial charge on any atom is -0.295 e. The molecule has 0 heterocycles. The normalized spacial score (nSPS) is 18.8. The van der Waals surface area contributed by atoms with Gasteiger partial charge < -0.3 is 0 Å². The quantitative estimate of drug-likeness (QED) is 0.777. The van der Waals surface area contributed by atoms with Crippen molar-refractivity contribution in [3.63, 3.8) is 0 Å².